The Hall–Kier alpha value is -1.28. The molecule has 1 aliphatic carbocycles. The standard InChI is InChI=1S/C18H25NO/c1-12-8-4-6-10-16(12)19-14(3)18-13(2)15-9-5-7-11-17(15)20-18/h5,7,9,11-12,14,16,19H,4,6,8,10H2,1-3H3. The van der Waals surface area contributed by atoms with E-state index in [0.29, 0.717) is 6.04 Å². The average molecular weight is 271 g/mol. The zero-order valence-electron chi connectivity index (χ0n) is 12.8. The van der Waals surface area contributed by atoms with E-state index in [1.807, 2.05) is 6.07 Å². The summed E-state index contributed by atoms with van der Waals surface area (Å²) in [5.41, 5.74) is 2.29. The molecule has 1 fully saturated rings. The quantitative estimate of drug-likeness (QED) is 0.852. The Kier molecular flexibility index (Phi) is 3.84. The second-order valence-corrected chi connectivity index (χ2v) is 6.34. The van der Waals surface area contributed by atoms with Crippen molar-refractivity contribution in [1.82, 2.24) is 5.32 Å². The highest BCUT2D eigenvalue weighted by molar-refractivity contribution is 5.82. The van der Waals surface area contributed by atoms with Crippen molar-refractivity contribution >= 4 is 11.0 Å². The van der Waals surface area contributed by atoms with E-state index < -0.39 is 0 Å². The molecule has 0 spiro atoms. The van der Waals surface area contributed by atoms with Crippen LogP contribution in [-0.2, 0) is 0 Å². The Balaban J connectivity index is 1.81. The molecule has 2 heteroatoms. The lowest BCUT2D eigenvalue weighted by atomic mass is 9.85. The van der Waals surface area contributed by atoms with Gasteiger partial charge >= 0.3 is 0 Å². The van der Waals surface area contributed by atoms with Crippen LogP contribution in [0.15, 0.2) is 28.7 Å². The van der Waals surface area contributed by atoms with E-state index >= 15 is 0 Å². The molecule has 0 radical (unpaired) electrons. The summed E-state index contributed by atoms with van der Waals surface area (Å²) < 4.78 is 6.07. The zero-order chi connectivity index (χ0) is 14.1. The first-order valence-electron chi connectivity index (χ1n) is 7.91. The molecule has 20 heavy (non-hydrogen) atoms. The third kappa shape index (κ3) is 2.49. The second-order valence-electron chi connectivity index (χ2n) is 6.34. The van der Waals surface area contributed by atoms with Gasteiger partial charge in [0.05, 0.1) is 6.04 Å². The van der Waals surface area contributed by atoms with Crippen LogP contribution in [0.25, 0.3) is 11.0 Å². The van der Waals surface area contributed by atoms with Crippen LogP contribution in [0.4, 0.5) is 0 Å². The Morgan fingerprint density at radius 3 is 2.70 bits per heavy atom. The topological polar surface area (TPSA) is 25.2 Å². The summed E-state index contributed by atoms with van der Waals surface area (Å²) >= 11 is 0. The minimum absolute atomic E-state index is 0.285. The van der Waals surface area contributed by atoms with E-state index in [1.54, 1.807) is 0 Å². The lowest BCUT2D eigenvalue weighted by Crippen LogP contribution is -2.38. The largest absolute Gasteiger partial charge is 0.459 e. The van der Waals surface area contributed by atoms with Gasteiger partial charge in [0.2, 0.25) is 0 Å². The van der Waals surface area contributed by atoms with E-state index in [-0.39, 0.29) is 6.04 Å². The van der Waals surface area contributed by atoms with Crippen molar-refractivity contribution in [3.63, 3.8) is 0 Å². The number of hydrogen-bond donors (Lipinski definition) is 1. The zero-order valence-corrected chi connectivity index (χ0v) is 12.8. The Morgan fingerprint density at radius 1 is 1.20 bits per heavy atom. The lowest BCUT2D eigenvalue weighted by Gasteiger charge is -2.31. The van der Waals surface area contributed by atoms with Crippen molar-refractivity contribution < 1.29 is 4.42 Å². The molecule has 2 aromatic rings. The minimum Gasteiger partial charge on any atom is -0.459 e. The number of furan rings is 1. The summed E-state index contributed by atoms with van der Waals surface area (Å²) in [4.78, 5) is 0. The highest BCUT2D eigenvalue weighted by Gasteiger charge is 2.25. The molecule has 1 aromatic heterocycles. The number of rotatable bonds is 3. The summed E-state index contributed by atoms with van der Waals surface area (Å²) in [6.07, 6.45) is 5.39. The van der Waals surface area contributed by atoms with Crippen molar-refractivity contribution in [3.8, 4) is 0 Å². The normalized spacial score (nSPS) is 24.9. The molecule has 1 N–H and O–H groups in total. The van der Waals surface area contributed by atoms with E-state index in [2.05, 4.69) is 44.3 Å². The molecule has 1 heterocycles. The van der Waals surface area contributed by atoms with E-state index in [1.165, 1.54) is 36.6 Å². The molecule has 108 valence electrons. The van der Waals surface area contributed by atoms with Gasteiger partial charge in [-0.15, -0.1) is 0 Å². The molecule has 0 bridgehead atoms. The summed E-state index contributed by atoms with van der Waals surface area (Å²) in [6, 6.07) is 9.24. The Labute approximate surface area is 121 Å². The van der Waals surface area contributed by atoms with Gasteiger partial charge in [-0.1, -0.05) is 38.0 Å². The maximum atomic E-state index is 6.07. The summed E-state index contributed by atoms with van der Waals surface area (Å²) in [5.74, 6) is 1.87. The molecule has 1 saturated carbocycles. The Bertz CT molecular complexity index is 586. The van der Waals surface area contributed by atoms with Crippen LogP contribution in [0, 0.1) is 12.8 Å². The SMILES string of the molecule is Cc1c(C(C)NC2CCCCC2C)oc2ccccc12. The minimum atomic E-state index is 0.285. The van der Waals surface area contributed by atoms with Gasteiger partial charge in [0, 0.05) is 11.4 Å². The van der Waals surface area contributed by atoms with E-state index in [4.69, 9.17) is 4.42 Å². The number of nitrogens with one attached hydrogen (secondary N) is 1. The number of para-hydroxylation sites is 1. The van der Waals surface area contributed by atoms with Crippen molar-refractivity contribution in [2.45, 2.75) is 58.5 Å². The first-order chi connectivity index (χ1) is 9.66. The summed E-state index contributed by atoms with van der Waals surface area (Å²) in [6.45, 7) is 6.77. The predicted octanol–water partition coefficient (Wildman–Crippen LogP) is 4.97. The molecule has 0 saturated heterocycles. The fourth-order valence-electron chi connectivity index (χ4n) is 3.57. The Morgan fingerprint density at radius 2 is 1.95 bits per heavy atom. The monoisotopic (exact) mass is 271 g/mol. The number of aryl methyl sites for hydroxylation is 1. The summed E-state index contributed by atoms with van der Waals surface area (Å²) in [7, 11) is 0. The van der Waals surface area contributed by atoms with Crippen LogP contribution in [0.2, 0.25) is 0 Å². The first kappa shape index (κ1) is 13.7. The van der Waals surface area contributed by atoms with Crippen LogP contribution in [0.5, 0.6) is 0 Å². The van der Waals surface area contributed by atoms with Crippen LogP contribution in [0.1, 0.15) is 56.9 Å². The van der Waals surface area contributed by atoms with Gasteiger partial charge in [-0.3, -0.25) is 0 Å². The highest BCUT2D eigenvalue weighted by atomic mass is 16.3. The molecular weight excluding hydrogens is 246 g/mol. The van der Waals surface area contributed by atoms with Gasteiger partial charge in [0.25, 0.3) is 0 Å². The first-order valence-corrected chi connectivity index (χ1v) is 7.91. The molecule has 2 nitrogen and oxygen atoms in total. The fourth-order valence-corrected chi connectivity index (χ4v) is 3.57. The van der Waals surface area contributed by atoms with Crippen molar-refractivity contribution in [2.24, 2.45) is 5.92 Å². The van der Waals surface area contributed by atoms with Gasteiger partial charge in [-0.05, 0) is 44.2 Å². The molecule has 3 atom stereocenters. The second kappa shape index (κ2) is 5.61. The molecule has 1 aliphatic rings. The van der Waals surface area contributed by atoms with Gasteiger partial charge in [-0.2, -0.15) is 0 Å². The van der Waals surface area contributed by atoms with E-state index in [9.17, 15) is 0 Å². The van der Waals surface area contributed by atoms with Crippen LogP contribution >= 0.6 is 0 Å². The molecule has 0 aliphatic heterocycles. The van der Waals surface area contributed by atoms with Gasteiger partial charge < -0.3 is 9.73 Å². The van der Waals surface area contributed by atoms with Crippen molar-refractivity contribution in [3.05, 3.63) is 35.6 Å². The lowest BCUT2D eigenvalue weighted by molar-refractivity contribution is 0.254. The van der Waals surface area contributed by atoms with Gasteiger partial charge in [0.15, 0.2) is 0 Å². The molecule has 1 aromatic carbocycles. The molecule has 0 amide bonds. The smallest absolute Gasteiger partial charge is 0.134 e. The maximum absolute atomic E-state index is 6.07. The molecular formula is C18H25NO. The van der Waals surface area contributed by atoms with Crippen LogP contribution < -0.4 is 5.32 Å². The van der Waals surface area contributed by atoms with Crippen LogP contribution in [0.3, 0.4) is 0 Å². The third-order valence-electron chi connectivity index (χ3n) is 4.85. The van der Waals surface area contributed by atoms with Crippen LogP contribution in [-0.4, -0.2) is 6.04 Å². The number of hydrogen-bond acceptors (Lipinski definition) is 2. The number of fused-ring (bicyclic) bond motifs is 1. The maximum Gasteiger partial charge on any atom is 0.134 e. The van der Waals surface area contributed by atoms with Gasteiger partial charge in [-0.25, -0.2) is 0 Å². The fraction of sp³-hybridized carbons (Fsp3) is 0.556. The third-order valence-corrected chi connectivity index (χ3v) is 4.85. The molecule has 3 rings (SSSR count). The number of benzene rings is 1. The van der Waals surface area contributed by atoms with Crippen molar-refractivity contribution in [1.29, 1.82) is 0 Å². The summed E-state index contributed by atoms with van der Waals surface area (Å²) in [5, 5.41) is 5.04. The van der Waals surface area contributed by atoms with E-state index in [0.717, 1.165) is 17.3 Å². The van der Waals surface area contributed by atoms with Gasteiger partial charge in [0.1, 0.15) is 11.3 Å². The average Bonchev–Trinajstić information content (AvgIpc) is 2.79. The van der Waals surface area contributed by atoms with Crippen molar-refractivity contribution in [2.75, 3.05) is 0 Å². The predicted molar refractivity (Wildman–Crippen MR) is 83.9 cm³/mol. The highest BCUT2D eigenvalue weighted by Crippen LogP contribution is 2.31. The molecule has 3 unspecified atom stereocenters.